The van der Waals surface area contributed by atoms with Gasteiger partial charge in [-0.05, 0) is 76.9 Å². The van der Waals surface area contributed by atoms with Crippen molar-refractivity contribution in [3.8, 4) is 0 Å². The molecule has 196 valence electrons. The number of nitrogens with one attached hydrogen (secondary N) is 2. The standard InChI is InChI=1S/C30H37N3O4/c1-20-11-10-14-23(17-20)26(27(35)32-24-16-15-21-12-8-9-13-22(21)18-24)33(29(2,3)4)25(34)19-31-28(36)37-30(5,6)7/h8-18,26H,19H2,1-7H3,(H,31,36)(H,32,35). The predicted octanol–water partition coefficient (Wildman–Crippen LogP) is 5.98. The van der Waals surface area contributed by atoms with Gasteiger partial charge in [0, 0.05) is 11.2 Å². The summed E-state index contributed by atoms with van der Waals surface area (Å²) in [5.74, 6) is -0.750. The number of carbonyl (C=O) groups excluding carboxylic acids is 3. The summed E-state index contributed by atoms with van der Waals surface area (Å²) in [6, 6.07) is 20.2. The van der Waals surface area contributed by atoms with Crippen molar-refractivity contribution in [1.82, 2.24) is 10.2 Å². The summed E-state index contributed by atoms with van der Waals surface area (Å²) in [5.41, 5.74) is 0.852. The normalized spacial score (nSPS) is 12.5. The van der Waals surface area contributed by atoms with Crippen molar-refractivity contribution in [2.45, 2.75) is 65.6 Å². The van der Waals surface area contributed by atoms with Gasteiger partial charge in [0.05, 0.1) is 0 Å². The summed E-state index contributed by atoms with van der Waals surface area (Å²) in [5, 5.41) is 7.61. The number of hydrogen-bond acceptors (Lipinski definition) is 4. The molecule has 0 saturated heterocycles. The monoisotopic (exact) mass is 503 g/mol. The van der Waals surface area contributed by atoms with Crippen LogP contribution in [-0.2, 0) is 14.3 Å². The van der Waals surface area contributed by atoms with Crippen molar-refractivity contribution in [3.63, 3.8) is 0 Å². The highest BCUT2D eigenvalue weighted by Crippen LogP contribution is 2.31. The van der Waals surface area contributed by atoms with E-state index in [0.717, 1.165) is 16.3 Å². The maximum absolute atomic E-state index is 13.9. The maximum Gasteiger partial charge on any atom is 0.408 e. The predicted molar refractivity (Wildman–Crippen MR) is 147 cm³/mol. The number of hydrogen-bond donors (Lipinski definition) is 2. The first-order valence-electron chi connectivity index (χ1n) is 12.4. The Kier molecular flexibility index (Phi) is 8.26. The highest BCUT2D eigenvalue weighted by molar-refractivity contribution is 6.00. The first-order valence-corrected chi connectivity index (χ1v) is 12.4. The van der Waals surface area contributed by atoms with E-state index in [4.69, 9.17) is 4.74 Å². The van der Waals surface area contributed by atoms with Crippen molar-refractivity contribution in [3.05, 3.63) is 77.9 Å². The Balaban J connectivity index is 1.95. The Labute approximate surface area is 219 Å². The maximum atomic E-state index is 13.9. The highest BCUT2D eigenvalue weighted by Gasteiger charge is 2.38. The number of anilines is 1. The molecule has 0 saturated carbocycles. The number of benzene rings is 3. The molecule has 0 aliphatic heterocycles. The second-order valence-electron chi connectivity index (χ2n) is 11.2. The van der Waals surface area contributed by atoms with Crippen molar-refractivity contribution in [2.75, 3.05) is 11.9 Å². The van der Waals surface area contributed by atoms with Gasteiger partial charge in [-0.3, -0.25) is 9.59 Å². The summed E-state index contributed by atoms with van der Waals surface area (Å²) in [6.45, 7) is 12.5. The van der Waals surface area contributed by atoms with Crippen molar-refractivity contribution >= 4 is 34.4 Å². The molecule has 3 aromatic carbocycles. The Hall–Kier alpha value is -3.87. The number of rotatable bonds is 6. The van der Waals surface area contributed by atoms with E-state index in [1.807, 2.05) is 94.4 Å². The first-order chi connectivity index (χ1) is 17.2. The highest BCUT2D eigenvalue weighted by atomic mass is 16.6. The second-order valence-corrected chi connectivity index (χ2v) is 11.2. The molecule has 7 nitrogen and oxygen atoms in total. The molecule has 0 bridgehead atoms. The van der Waals surface area contributed by atoms with E-state index in [1.54, 1.807) is 20.8 Å². The molecule has 1 unspecified atom stereocenters. The van der Waals surface area contributed by atoms with Gasteiger partial charge in [-0.25, -0.2) is 4.79 Å². The Morgan fingerprint density at radius 1 is 0.865 bits per heavy atom. The quantitative estimate of drug-likeness (QED) is 0.433. The molecular formula is C30H37N3O4. The molecule has 0 aliphatic rings. The average molecular weight is 504 g/mol. The lowest BCUT2D eigenvalue weighted by Crippen LogP contribution is -2.54. The zero-order chi connectivity index (χ0) is 27.4. The van der Waals surface area contributed by atoms with Gasteiger partial charge >= 0.3 is 6.09 Å². The van der Waals surface area contributed by atoms with E-state index in [0.29, 0.717) is 11.3 Å². The van der Waals surface area contributed by atoms with E-state index < -0.39 is 29.2 Å². The van der Waals surface area contributed by atoms with Crippen molar-refractivity contribution in [2.24, 2.45) is 0 Å². The summed E-state index contributed by atoms with van der Waals surface area (Å²) < 4.78 is 5.28. The van der Waals surface area contributed by atoms with Crippen LogP contribution in [0.2, 0.25) is 0 Å². The van der Waals surface area contributed by atoms with Gasteiger partial charge in [0.2, 0.25) is 5.91 Å². The molecule has 2 N–H and O–H groups in total. The van der Waals surface area contributed by atoms with Crippen molar-refractivity contribution in [1.29, 1.82) is 0 Å². The third-order valence-corrected chi connectivity index (χ3v) is 5.66. The van der Waals surface area contributed by atoms with Crippen LogP contribution in [0.25, 0.3) is 10.8 Å². The van der Waals surface area contributed by atoms with E-state index in [1.165, 1.54) is 4.90 Å². The number of nitrogens with zero attached hydrogens (tertiary/aromatic N) is 1. The smallest absolute Gasteiger partial charge is 0.408 e. The number of amides is 3. The minimum absolute atomic E-state index is 0.308. The topological polar surface area (TPSA) is 87.7 Å². The van der Waals surface area contributed by atoms with Crippen LogP contribution in [0.1, 0.15) is 58.7 Å². The van der Waals surface area contributed by atoms with Crippen LogP contribution in [0.3, 0.4) is 0 Å². The van der Waals surface area contributed by atoms with Crippen molar-refractivity contribution < 1.29 is 19.1 Å². The molecule has 0 spiro atoms. The van der Waals surface area contributed by atoms with Gasteiger partial charge in [0.15, 0.2) is 0 Å². The molecule has 0 aromatic heterocycles. The fourth-order valence-electron chi connectivity index (χ4n) is 4.19. The fraction of sp³-hybridized carbons (Fsp3) is 0.367. The fourth-order valence-corrected chi connectivity index (χ4v) is 4.19. The van der Waals surface area contributed by atoms with Gasteiger partial charge in [-0.2, -0.15) is 0 Å². The Morgan fingerprint density at radius 3 is 2.16 bits per heavy atom. The van der Waals surface area contributed by atoms with Gasteiger partial charge in [-0.1, -0.05) is 60.2 Å². The Morgan fingerprint density at radius 2 is 1.54 bits per heavy atom. The minimum Gasteiger partial charge on any atom is -0.444 e. The molecular weight excluding hydrogens is 466 g/mol. The largest absolute Gasteiger partial charge is 0.444 e. The Bertz CT molecular complexity index is 1290. The number of ether oxygens (including phenoxy) is 1. The number of alkyl carbamates (subject to hydrolysis) is 1. The van der Waals surface area contributed by atoms with E-state index in [-0.39, 0.29) is 12.5 Å². The first kappa shape index (κ1) is 27.7. The average Bonchev–Trinajstić information content (AvgIpc) is 2.79. The molecule has 7 heteroatoms. The SMILES string of the molecule is Cc1cccc(C(C(=O)Nc2ccc3ccccc3c2)N(C(=O)CNC(=O)OC(C)(C)C)C(C)(C)C)c1. The van der Waals surface area contributed by atoms with Crippen LogP contribution in [-0.4, -0.2) is 40.5 Å². The van der Waals surface area contributed by atoms with Gasteiger partial charge in [0.1, 0.15) is 18.2 Å². The minimum atomic E-state index is -0.931. The van der Waals surface area contributed by atoms with E-state index in [9.17, 15) is 14.4 Å². The lowest BCUT2D eigenvalue weighted by atomic mass is 9.95. The van der Waals surface area contributed by atoms with E-state index in [2.05, 4.69) is 10.6 Å². The zero-order valence-corrected chi connectivity index (χ0v) is 22.7. The lowest BCUT2D eigenvalue weighted by Gasteiger charge is -2.41. The van der Waals surface area contributed by atoms with Gasteiger partial charge < -0.3 is 20.3 Å². The molecule has 1 atom stereocenters. The van der Waals surface area contributed by atoms with Crippen LogP contribution < -0.4 is 10.6 Å². The van der Waals surface area contributed by atoms with Crippen LogP contribution >= 0.6 is 0 Å². The number of carbonyl (C=O) groups is 3. The third kappa shape index (κ3) is 7.56. The molecule has 3 amide bonds. The van der Waals surface area contributed by atoms with E-state index >= 15 is 0 Å². The molecule has 3 rings (SSSR count). The molecule has 37 heavy (non-hydrogen) atoms. The molecule has 0 aliphatic carbocycles. The van der Waals surface area contributed by atoms with Crippen LogP contribution in [0.5, 0.6) is 0 Å². The summed E-state index contributed by atoms with van der Waals surface area (Å²) in [7, 11) is 0. The number of fused-ring (bicyclic) bond motifs is 1. The van der Waals surface area contributed by atoms with Crippen LogP contribution in [0.4, 0.5) is 10.5 Å². The molecule has 0 radical (unpaired) electrons. The summed E-state index contributed by atoms with van der Waals surface area (Å²) in [6.07, 6.45) is -0.692. The zero-order valence-electron chi connectivity index (χ0n) is 22.7. The van der Waals surface area contributed by atoms with Gasteiger partial charge in [-0.15, -0.1) is 0 Å². The van der Waals surface area contributed by atoms with Crippen LogP contribution in [0, 0.1) is 6.92 Å². The molecule has 0 fully saturated rings. The molecule has 3 aromatic rings. The van der Waals surface area contributed by atoms with Gasteiger partial charge in [0.25, 0.3) is 5.91 Å². The van der Waals surface area contributed by atoms with Crippen LogP contribution in [0.15, 0.2) is 66.7 Å². The third-order valence-electron chi connectivity index (χ3n) is 5.66. The summed E-state index contributed by atoms with van der Waals surface area (Å²) in [4.78, 5) is 41.2. The summed E-state index contributed by atoms with van der Waals surface area (Å²) >= 11 is 0. The number of aryl methyl sites for hydroxylation is 1. The second kappa shape index (κ2) is 11.0. The molecule has 0 heterocycles. The lowest BCUT2D eigenvalue weighted by molar-refractivity contribution is -0.144.